The molecule has 2 aromatic rings. The number of carbonyl (C=O) groups excluding carboxylic acids is 1. The van der Waals surface area contributed by atoms with Crippen molar-refractivity contribution in [3.63, 3.8) is 0 Å². The number of aromatic nitrogens is 3. The summed E-state index contributed by atoms with van der Waals surface area (Å²) in [5.74, 6) is 1.17. The highest BCUT2D eigenvalue weighted by atomic mass is 16.2. The predicted octanol–water partition coefficient (Wildman–Crippen LogP) is 1.96. The first-order valence-corrected chi connectivity index (χ1v) is 8.88. The number of rotatable bonds is 4. The van der Waals surface area contributed by atoms with Crippen molar-refractivity contribution in [2.75, 3.05) is 33.7 Å². The zero-order valence-electron chi connectivity index (χ0n) is 15.6. The number of piperidine rings is 1. The van der Waals surface area contributed by atoms with Crippen LogP contribution in [0.5, 0.6) is 0 Å². The number of nitrogens with one attached hydrogen (secondary N) is 1. The van der Waals surface area contributed by atoms with Gasteiger partial charge in [0.25, 0.3) is 0 Å². The minimum absolute atomic E-state index is 0.00782. The third kappa shape index (κ3) is 3.76. The van der Waals surface area contributed by atoms with Crippen LogP contribution < -0.4 is 5.32 Å². The summed E-state index contributed by atoms with van der Waals surface area (Å²) in [6, 6.07) is 5.90. The Morgan fingerprint density at radius 3 is 2.92 bits per heavy atom. The van der Waals surface area contributed by atoms with E-state index in [2.05, 4.69) is 34.3 Å². The second kappa shape index (κ2) is 7.00. The first-order chi connectivity index (χ1) is 11.9. The third-order valence-electron chi connectivity index (χ3n) is 5.30. The number of likely N-dealkylation sites (tertiary alicyclic amines) is 1. The molecule has 0 saturated carbocycles. The van der Waals surface area contributed by atoms with Gasteiger partial charge in [0, 0.05) is 37.3 Å². The number of hydrogen-bond acceptors (Lipinski definition) is 4. The van der Waals surface area contributed by atoms with Gasteiger partial charge in [0.15, 0.2) is 5.65 Å². The van der Waals surface area contributed by atoms with Crippen LogP contribution in [0.25, 0.3) is 5.65 Å². The summed E-state index contributed by atoms with van der Waals surface area (Å²) >= 11 is 0. The third-order valence-corrected chi connectivity index (χ3v) is 5.30. The van der Waals surface area contributed by atoms with Crippen LogP contribution in [0.1, 0.15) is 38.4 Å². The van der Waals surface area contributed by atoms with Gasteiger partial charge < -0.3 is 15.1 Å². The lowest BCUT2D eigenvalue weighted by Crippen LogP contribution is -2.52. The van der Waals surface area contributed by atoms with Gasteiger partial charge in [-0.3, -0.25) is 4.40 Å². The fraction of sp³-hybridized carbons (Fsp3) is 0.611. The molecule has 1 unspecified atom stereocenters. The van der Waals surface area contributed by atoms with Crippen molar-refractivity contribution in [1.29, 1.82) is 0 Å². The van der Waals surface area contributed by atoms with E-state index >= 15 is 0 Å². The molecule has 0 spiro atoms. The van der Waals surface area contributed by atoms with Crippen LogP contribution in [-0.4, -0.2) is 69.7 Å². The Hall–Kier alpha value is -2.15. The van der Waals surface area contributed by atoms with Crippen LogP contribution in [0.2, 0.25) is 0 Å². The first-order valence-electron chi connectivity index (χ1n) is 8.88. The molecule has 1 aliphatic heterocycles. The minimum atomic E-state index is -0.0753. The zero-order chi connectivity index (χ0) is 18.0. The van der Waals surface area contributed by atoms with Crippen LogP contribution in [0.15, 0.2) is 24.4 Å². The van der Waals surface area contributed by atoms with Crippen molar-refractivity contribution in [2.24, 2.45) is 0 Å². The van der Waals surface area contributed by atoms with Crippen molar-refractivity contribution in [3.8, 4) is 0 Å². The van der Waals surface area contributed by atoms with Crippen molar-refractivity contribution in [1.82, 2.24) is 29.7 Å². The summed E-state index contributed by atoms with van der Waals surface area (Å²) in [4.78, 5) is 16.6. The van der Waals surface area contributed by atoms with Crippen molar-refractivity contribution in [2.45, 2.75) is 38.1 Å². The molecule has 0 radical (unpaired) electrons. The van der Waals surface area contributed by atoms with Gasteiger partial charge in [-0.2, -0.15) is 0 Å². The summed E-state index contributed by atoms with van der Waals surface area (Å²) in [7, 11) is 4.05. The normalized spacial score (nSPS) is 18.8. The molecule has 25 heavy (non-hydrogen) atoms. The van der Waals surface area contributed by atoms with E-state index in [0.29, 0.717) is 13.1 Å². The quantitative estimate of drug-likeness (QED) is 0.921. The molecule has 1 N–H and O–H groups in total. The van der Waals surface area contributed by atoms with E-state index in [1.165, 1.54) is 0 Å². The second-order valence-corrected chi connectivity index (χ2v) is 7.64. The summed E-state index contributed by atoms with van der Waals surface area (Å²) < 4.78 is 2.03. The number of hydrogen-bond donors (Lipinski definition) is 1. The molecule has 7 nitrogen and oxygen atoms in total. The Balaban J connectivity index is 1.66. The fourth-order valence-corrected chi connectivity index (χ4v) is 3.07. The highest BCUT2D eigenvalue weighted by molar-refractivity contribution is 5.74. The van der Waals surface area contributed by atoms with Crippen molar-refractivity contribution in [3.05, 3.63) is 30.2 Å². The van der Waals surface area contributed by atoms with E-state index in [0.717, 1.165) is 30.9 Å². The lowest BCUT2D eigenvalue weighted by molar-refractivity contribution is 0.159. The van der Waals surface area contributed by atoms with E-state index < -0.39 is 0 Å². The molecule has 136 valence electrons. The molecule has 1 aliphatic rings. The fourth-order valence-electron chi connectivity index (χ4n) is 3.07. The lowest BCUT2D eigenvalue weighted by atomic mass is 9.97. The zero-order valence-corrected chi connectivity index (χ0v) is 15.6. The molecule has 7 heteroatoms. The highest BCUT2D eigenvalue weighted by Crippen LogP contribution is 2.26. The van der Waals surface area contributed by atoms with Gasteiger partial charge in [0.2, 0.25) is 0 Å². The Labute approximate surface area is 149 Å². The number of amides is 2. The molecule has 0 bridgehead atoms. The summed E-state index contributed by atoms with van der Waals surface area (Å²) in [5, 5.41) is 11.7. The topological polar surface area (TPSA) is 65.8 Å². The van der Waals surface area contributed by atoms with E-state index in [-0.39, 0.29) is 17.5 Å². The number of urea groups is 1. The molecule has 1 atom stereocenters. The maximum atomic E-state index is 12.6. The van der Waals surface area contributed by atoms with Crippen LogP contribution in [0, 0.1) is 0 Å². The molecule has 3 rings (SSSR count). The van der Waals surface area contributed by atoms with E-state index in [4.69, 9.17) is 0 Å². The summed E-state index contributed by atoms with van der Waals surface area (Å²) in [5.41, 5.74) is 0.778. The molecule has 1 saturated heterocycles. The molecule has 0 aromatic carbocycles. The Morgan fingerprint density at radius 2 is 2.16 bits per heavy atom. The van der Waals surface area contributed by atoms with Crippen molar-refractivity contribution >= 4 is 11.7 Å². The molecular formula is C18H28N6O. The van der Waals surface area contributed by atoms with E-state index in [1.54, 1.807) is 0 Å². The van der Waals surface area contributed by atoms with Gasteiger partial charge in [-0.05, 0) is 52.9 Å². The standard InChI is InChI=1S/C18H28N6O/c1-18(2,22(3)4)13-19-17(25)23-10-7-8-14(12-23)16-21-20-15-9-5-6-11-24(15)16/h5-6,9,11,14H,7-8,10,12-13H2,1-4H3,(H,19,25). The monoisotopic (exact) mass is 344 g/mol. The lowest BCUT2D eigenvalue weighted by Gasteiger charge is -2.35. The van der Waals surface area contributed by atoms with Crippen LogP contribution >= 0.6 is 0 Å². The largest absolute Gasteiger partial charge is 0.336 e. The molecule has 2 amide bonds. The smallest absolute Gasteiger partial charge is 0.317 e. The maximum absolute atomic E-state index is 12.6. The Kier molecular flexibility index (Phi) is 4.94. The van der Waals surface area contributed by atoms with E-state index in [1.807, 2.05) is 47.8 Å². The number of nitrogens with zero attached hydrogens (tertiary/aromatic N) is 5. The molecule has 2 aromatic heterocycles. The first kappa shape index (κ1) is 17.7. The maximum Gasteiger partial charge on any atom is 0.317 e. The number of pyridine rings is 1. The van der Waals surface area contributed by atoms with Crippen LogP contribution in [0.3, 0.4) is 0 Å². The molecular weight excluding hydrogens is 316 g/mol. The van der Waals surface area contributed by atoms with Gasteiger partial charge >= 0.3 is 6.03 Å². The average molecular weight is 344 g/mol. The van der Waals surface area contributed by atoms with Crippen LogP contribution in [-0.2, 0) is 0 Å². The van der Waals surface area contributed by atoms with Gasteiger partial charge in [-0.25, -0.2) is 4.79 Å². The van der Waals surface area contributed by atoms with E-state index in [9.17, 15) is 4.79 Å². The Bertz CT molecular complexity index is 738. The summed E-state index contributed by atoms with van der Waals surface area (Å²) in [6.45, 7) is 6.34. The molecule has 3 heterocycles. The highest BCUT2D eigenvalue weighted by Gasteiger charge is 2.29. The number of likely N-dealkylation sites (N-methyl/N-ethyl adjacent to an activating group) is 1. The van der Waals surface area contributed by atoms with Crippen molar-refractivity contribution < 1.29 is 4.79 Å². The average Bonchev–Trinajstić information content (AvgIpc) is 3.04. The Morgan fingerprint density at radius 1 is 1.36 bits per heavy atom. The second-order valence-electron chi connectivity index (χ2n) is 7.64. The number of carbonyl (C=O) groups is 1. The predicted molar refractivity (Wildman–Crippen MR) is 97.7 cm³/mol. The van der Waals surface area contributed by atoms with Gasteiger partial charge in [-0.15, -0.1) is 10.2 Å². The van der Waals surface area contributed by atoms with Gasteiger partial charge in [0.05, 0.1) is 0 Å². The summed E-state index contributed by atoms with van der Waals surface area (Å²) in [6.07, 6.45) is 4.00. The SMILES string of the molecule is CN(C)C(C)(C)CNC(=O)N1CCCC(c2nnc3ccccn23)C1. The number of fused-ring (bicyclic) bond motifs is 1. The minimum Gasteiger partial charge on any atom is -0.336 e. The molecule has 0 aliphatic carbocycles. The van der Waals surface area contributed by atoms with Gasteiger partial charge in [0.1, 0.15) is 5.82 Å². The molecule has 1 fully saturated rings. The van der Waals surface area contributed by atoms with Gasteiger partial charge in [-0.1, -0.05) is 6.07 Å². The van der Waals surface area contributed by atoms with Crippen LogP contribution in [0.4, 0.5) is 4.79 Å².